The number of hydrogen-bond donors (Lipinski definition) is 2. The first-order valence-electron chi connectivity index (χ1n) is 5.28. The van der Waals surface area contributed by atoms with Gasteiger partial charge in [0.25, 0.3) is 0 Å². The average Bonchev–Trinajstić information content (AvgIpc) is 2.34. The molecule has 0 spiro atoms. The summed E-state index contributed by atoms with van der Waals surface area (Å²) in [6.45, 7) is 1.83. The molecule has 0 atom stereocenters. The van der Waals surface area contributed by atoms with Gasteiger partial charge in [0.15, 0.2) is 0 Å². The van der Waals surface area contributed by atoms with Crippen molar-refractivity contribution in [2.24, 2.45) is 0 Å². The Labute approximate surface area is 103 Å². The molecular formula is C13H11FN2O2. The minimum atomic E-state index is -1.11. The highest BCUT2D eigenvalue weighted by molar-refractivity contribution is 5.94. The Kier molecular flexibility index (Phi) is 3.23. The van der Waals surface area contributed by atoms with Crippen molar-refractivity contribution in [3.63, 3.8) is 0 Å². The lowest BCUT2D eigenvalue weighted by molar-refractivity contribution is 0.0697. The minimum absolute atomic E-state index is 0.00148. The summed E-state index contributed by atoms with van der Waals surface area (Å²) >= 11 is 0. The monoisotopic (exact) mass is 246 g/mol. The molecule has 1 aromatic heterocycles. The van der Waals surface area contributed by atoms with Crippen molar-refractivity contribution in [1.82, 2.24) is 4.98 Å². The van der Waals surface area contributed by atoms with Crippen molar-refractivity contribution in [2.45, 2.75) is 6.92 Å². The van der Waals surface area contributed by atoms with Crippen LogP contribution >= 0.6 is 0 Å². The third-order valence-electron chi connectivity index (χ3n) is 2.44. The standard InChI is InChI=1S/C13H11FN2O2/c1-8-2-3-10(14)12(6-8)16-11-4-5-15-7-9(11)13(17)18/h2-7H,1H3,(H,15,16)(H,17,18). The molecule has 4 nitrogen and oxygen atoms in total. The van der Waals surface area contributed by atoms with Crippen LogP contribution in [0.15, 0.2) is 36.7 Å². The molecule has 1 aromatic carbocycles. The lowest BCUT2D eigenvalue weighted by Gasteiger charge is -2.10. The van der Waals surface area contributed by atoms with E-state index < -0.39 is 11.8 Å². The molecule has 2 rings (SSSR count). The van der Waals surface area contributed by atoms with Crippen LogP contribution in [0.3, 0.4) is 0 Å². The van der Waals surface area contributed by atoms with E-state index in [0.717, 1.165) is 5.56 Å². The third kappa shape index (κ3) is 2.45. The molecule has 0 saturated carbocycles. The summed E-state index contributed by atoms with van der Waals surface area (Å²) in [5.41, 5.74) is 1.42. The molecule has 0 aliphatic carbocycles. The average molecular weight is 246 g/mol. The number of pyridine rings is 1. The maximum Gasteiger partial charge on any atom is 0.339 e. The van der Waals surface area contributed by atoms with E-state index in [1.807, 2.05) is 6.92 Å². The second-order valence-electron chi connectivity index (χ2n) is 3.83. The highest BCUT2D eigenvalue weighted by Crippen LogP contribution is 2.23. The number of rotatable bonds is 3. The Hall–Kier alpha value is -2.43. The fraction of sp³-hybridized carbons (Fsp3) is 0.0769. The van der Waals surface area contributed by atoms with E-state index in [1.165, 1.54) is 24.5 Å². The van der Waals surface area contributed by atoms with Crippen LogP contribution in [0, 0.1) is 12.7 Å². The van der Waals surface area contributed by atoms with Gasteiger partial charge in [0.2, 0.25) is 0 Å². The summed E-state index contributed by atoms with van der Waals surface area (Å²) in [6.07, 6.45) is 2.67. The van der Waals surface area contributed by atoms with Crippen molar-refractivity contribution >= 4 is 17.3 Å². The number of carboxylic acid groups (broad SMARTS) is 1. The predicted octanol–water partition coefficient (Wildman–Crippen LogP) is 2.97. The van der Waals surface area contributed by atoms with Crippen molar-refractivity contribution in [3.8, 4) is 0 Å². The van der Waals surface area contributed by atoms with Crippen LogP contribution in [0.4, 0.5) is 15.8 Å². The molecule has 0 bridgehead atoms. The summed E-state index contributed by atoms with van der Waals surface area (Å²) in [7, 11) is 0. The van der Waals surface area contributed by atoms with Gasteiger partial charge in [0.1, 0.15) is 11.4 Å². The molecule has 0 amide bonds. The van der Waals surface area contributed by atoms with Crippen molar-refractivity contribution in [1.29, 1.82) is 0 Å². The van der Waals surface area contributed by atoms with Gasteiger partial charge < -0.3 is 10.4 Å². The van der Waals surface area contributed by atoms with Crippen molar-refractivity contribution in [3.05, 3.63) is 53.6 Å². The summed E-state index contributed by atoms with van der Waals surface area (Å²) in [6, 6.07) is 6.08. The molecule has 0 saturated heterocycles. The number of benzene rings is 1. The fourth-order valence-electron chi connectivity index (χ4n) is 1.55. The van der Waals surface area contributed by atoms with Crippen LogP contribution in [-0.2, 0) is 0 Å². The zero-order valence-corrected chi connectivity index (χ0v) is 9.64. The molecular weight excluding hydrogens is 235 g/mol. The number of nitrogens with one attached hydrogen (secondary N) is 1. The van der Waals surface area contributed by atoms with Crippen molar-refractivity contribution in [2.75, 3.05) is 5.32 Å². The first-order chi connectivity index (χ1) is 8.58. The molecule has 0 aliphatic rings. The molecule has 0 fully saturated rings. The van der Waals surface area contributed by atoms with Crippen LogP contribution in [0.25, 0.3) is 0 Å². The number of hydrogen-bond acceptors (Lipinski definition) is 3. The van der Waals surface area contributed by atoms with Gasteiger partial charge >= 0.3 is 5.97 Å². The van der Waals surface area contributed by atoms with Gasteiger partial charge in [0.05, 0.1) is 11.4 Å². The SMILES string of the molecule is Cc1ccc(F)c(Nc2ccncc2C(=O)O)c1. The Morgan fingerprint density at radius 3 is 2.83 bits per heavy atom. The summed E-state index contributed by atoms with van der Waals surface area (Å²) in [5.74, 6) is -1.55. The molecule has 18 heavy (non-hydrogen) atoms. The second-order valence-corrected chi connectivity index (χ2v) is 3.83. The minimum Gasteiger partial charge on any atom is -0.478 e. The highest BCUT2D eigenvalue weighted by atomic mass is 19.1. The first kappa shape index (κ1) is 12.0. The molecule has 0 radical (unpaired) electrons. The van der Waals surface area contributed by atoms with E-state index in [-0.39, 0.29) is 11.3 Å². The number of aromatic nitrogens is 1. The summed E-state index contributed by atoms with van der Waals surface area (Å²) < 4.78 is 13.6. The number of nitrogens with zero attached hydrogens (tertiary/aromatic N) is 1. The van der Waals surface area contributed by atoms with Gasteiger partial charge in [-0.05, 0) is 30.7 Å². The number of aromatic carboxylic acids is 1. The van der Waals surface area contributed by atoms with Gasteiger partial charge in [-0.2, -0.15) is 0 Å². The van der Waals surface area contributed by atoms with Crippen LogP contribution in [0.5, 0.6) is 0 Å². The second kappa shape index (κ2) is 4.83. The van der Waals surface area contributed by atoms with Gasteiger partial charge in [-0.1, -0.05) is 6.07 Å². The Morgan fingerprint density at radius 2 is 2.11 bits per heavy atom. The lowest BCUT2D eigenvalue weighted by Crippen LogP contribution is -2.04. The Balaban J connectivity index is 2.40. The molecule has 92 valence electrons. The molecule has 1 heterocycles. The quantitative estimate of drug-likeness (QED) is 0.874. The maximum absolute atomic E-state index is 13.6. The van der Waals surface area contributed by atoms with Crippen molar-refractivity contribution < 1.29 is 14.3 Å². The topological polar surface area (TPSA) is 62.2 Å². The fourth-order valence-corrected chi connectivity index (χ4v) is 1.55. The van der Waals surface area contributed by atoms with Gasteiger partial charge in [-0.15, -0.1) is 0 Å². The Morgan fingerprint density at radius 1 is 1.33 bits per heavy atom. The highest BCUT2D eigenvalue weighted by Gasteiger charge is 2.11. The smallest absolute Gasteiger partial charge is 0.339 e. The lowest BCUT2D eigenvalue weighted by atomic mass is 10.2. The van der Waals surface area contributed by atoms with Crippen LogP contribution in [0.2, 0.25) is 0 Å². The van der Waals surface area contributed by atoms with E-state index in [2.05, 4.69) is 10.3 Å². The first-order valence-corrected chi connectivity index (χ1v) is 5.28. The summed E-state index contributed by atoms with van der Waals surface area (Å²) in [4.78, 5) is 14.7. The molecule has 0 unspecified atom stereocenters. The largest absolute Gasteiger partial charge is 0.478 e. The number of carboxylic acids is 1. The molecule has 0 aliphatic heterocycles. The van der Waals surface area contributed by atoms with Crippen LogP contribution < -0.4 is 5.32 Å². The molecule has 2 aromatic rings. The summed E-state index contributed by atoms with van der Waals surface area (Å²) in [5, 5.41) is 11.8. The van der Waals surface area contributed by atoms with Crippen LogP contribution in [0.1, 0.15) is 15.9 Å². The van der Waals surface area contributed by atoms with E-state index in [1.54, 1.807) is 12.1 Å². The van der Waals surface area contributed by atoms with Gasteiger partial charge in [-0.25, -0.2) is 9.18 Å². The number of aryl methyl sites for hydroxylation is 1. The van der Waals surface area contributed by atoms with E-state index in [4.69, 9.17) is 5.11 Å². The zero-order valence-electron chi connectivity index (χ0n) is 9.64. The molecule has 2 N–H and O–H groups in total. The van der Waals surface area contributed by atoms with Gasteiger partial charge in [0, 0.05) is 12.4 Å². The molecule has 5 heteroatoms. The number of anilines is 2. The van der Waals surface area contributed by atoms with Crippen LogP contribution in [-0.4, -0.2) is 16.1 Å². The number of halogens is 1. The maximum atomic E-state index is 13.6. The van der Waals surface area contributed by atoms with Gasteiger partial charge in [-0.3, -0.25) is 4.98 Å². The number of carbonyl (C=O) groups is 1. The van der Waals surface area contributed by atoms with E-state index >= 15 is 0 Å². The normalized spacial score (nSPS) is 10.1. The third-order valence-corrected chi connectivity index (χ3v) is 2.44. The zero-order chi connectivity index (χ0) is 13.1. The predicted molar refractivity (Wildman–Crippen MR) is 65.6 cm³/mol. The van der Waals surface area contributed by atoms with E-state index in [9.17, 15) is 9.18 Å². The Bertz CT molecular complexity index is 599. The van der Waals surface area contributed by atoms with E-state index in [0.29, 0.717) is 5.69 Å².